The number of hydrogen-bond donors (Lipinski definition) is 0. The SMILES string of the molecule is Cc1cc2c3c(c1)C1(C)CCCCC1(C)N3c1cc(N(c3ccc([Si](C)(C)C)cc3)c3ccc([Si](C)(C)C)cc3)cc3c1B2c1ccc(-c2ccccc2)cc1N3c1cccc(-c2ccccc2)c1. The Kier molecular flexibility index (Phi) is 10.1. The Morgan fingerprint density at radius 2 is 1.06 bits per heavy atom. The molecule has 342 valence electrons. The molecule has 0 bridgehead atoms. The topological polar surface area (TPSA) is 9.72 Å². The number of rotatable bonds is 8. The van der Waals surface area contributed by atoms with Gasteiger partial charge in [-0.15, -0.1) is 0 Å². The maximum absolute atomic E-state index is 2.89. The van der Waals surface area contributed by atoms with Crippen molar-refractivity contribution in [3.05, 3.63) is 187 Å². The van der Waals surface area contributed by atoms with Gasteiger partial charge in [0.05, 0.1) is 27.4 Å². The third-order valence-corrected chi connectivity index (χ3v) is 20.8. The van der Waals surface area contributed by atoms with Gasteiger partial charge in [0.1, 0.15) is 0 Å². The molecule has 6 heteroatoms. The van der Waals surface area contributed by atoms with Crippen LogP contribution in [-0.4, -0.2) is 28.4 Å². The number of nitrogens with zero attached hydrogens (tertiary/aromatic N) is 3. The Morgan fingerprint density at radius 1 is 0.493 bits per heavy atom. The first kappa shape index (κ1) is 43.9. The van der Waals surface area contributed by atoms with Crippen molar-refractivity contribution in [2.45, 2.75) is 96.7 Å². The van der Waals surface area contributed by atoms with E-state index in [1.165, 1.54) is 114 Å². The summed E-state index contributed by atoms with van der Waals surface area (Å²) >= 11 is 0. The Balaban J connectivity index is 1.19. The van der Waals surface area contributed by atoms with Gasteiger partial charge in [0.25, 0.3) is 6.71 Å². The summed E-state index contributed by atoms with van der Waals surface area (Å²) in [6, 6.07) is 67.9. The molecule has 3 nitrogen and oxygen atoms in total. The molecule has 0 N–H and O–H groups in total. The van der Waals surface area contributed by atoms with E-state index in [9.17, 15) is 0 Å². The summed E-state index contributed by atoms with van der Waals surface area (Å²) in [5, 5.41) is 2.94. The standard InChI is InChI=1S/C63H64BN3Si2/c1-43-37-54-61-56(38-43)64-55-34-25-47(45-21-14-11-15-22-45)40-57(55)66(50-24-18-23-46(39-50)44-19-12-10-13-20-44)58-41-51(42-59(60(58)64)67(61)63(3)36-17-16-35-62(54,63)2)65(48-26-30-52(31-27-48)68(4,5)6)49-28-32-53(33-29-49)69(7,8)9/h10-15,18-34,37-42H,16-17,35-36H2,1-9H3. The Morgan fingerprint density at radius 3 is 1.67 bits per heavy atom. The Hall–Kier alpha value is -6.34. The molecule has 0 amide bonds. The van der Waals surface area contributed by atoms with Crippen LogP contribution in [0.2, 0.25) is 39.3 Å². The van der Waals surface area contributed by atoms with Crippen LogP contribution in [0.5, 0.6) is 0 Å². The molecule has 1 saturated carbocycles. The monoisotopic (exact) mass is 929 g/mol. The maximum Gasteiger partial charge on any atom is 0.252 e. The van der Waals surface area contributed by atoms with E-state index >= 15 is 0 Å². The summed E-state index contributed by atoms with van der Waals surface area (Å²) in [6.45, 7) is 22.3. The number of aryl methyl sites for hydroxylation is 1. The predicted molar refractivity (Wildman–Crippen MR) is 305 cm³/mol. The first-order valence-electron chi connectivity index (χ1n) is 25.4. The molecule has 0 aromatic heterocycles. The van der Waals surface area contributed by atoms with Gasteiger partial charge >= 0.3 is 0 Å². The highest BCUT2D eigenvalue weighted by molar-refractivity contribution is 7.00. The zero-order valence-corrected chi connectivity index (χ0v) is 44.0. The van der Waals surface area contributed by atoms with Gasteiger partial charge in [-0.3, -0.25) is 0 Å². The van der Waals surface area contributed by atoms with Crippen LogP contribution < -0.4 is 41.5 Å². The molecule has 8 aromatic carbocycles. The second-order valence-electron chi connectivity index (χ2n) is 23.1. The molecule has 2 unspecified atom stereocenters. The van der Waals surface area contributed by atoms with Crippen molar-refractivity contribution >= 4 is 95.1 Å². The van der Waals surface area contributed by atoms with Gasteiger partial charge in [0.15, 0.2) is 0 Å². The third-order valence-electron chi connectivity index (χ3n) is 16.7. The summed E-state index contributed by atoms with van der Waals surface area (Å²) < 4.78 is 0. The van der Waals surface area contributed by atoms with E-state index in [4.69, 9.17) is 0 Å². The van der Waals surface area contributed by atoms with Crippen LogP contribution in [0.3, 0.4) is 0 Å². The molecule has 1 fully saturated rings. The van der Waals surface area contributed by atoms with Crippen molar-refractivity contribution in [2.75, 3.05) is 14.7 Å². The molecular formula is C63H64BN3Si2. The molecule has 1 aliphatic carbocycles. The molecule has 3 aliphatic heterocycles. The normalized spacial score (nSPS) is 18.9. The average Bonchev–Trinajstić information content (AvgIpc) is 3.56. The van der Waals surface area contributed by atoms with Gasteiger partial charge in [0, 0.05) is 45.2 Å². The van der Waals surface area contributed by atoms with E-state index in [2.05, 4.69) is 251 Å². The first-order valence-corrected chi connectivity index (χ1v) is 32.4. The van der Waals surface area contributed by atoms with E-state index in [0.717, 1.165) is 12.1 Å². The van der Waals surface area contributed by atoms with Crippen LogP contribution in [0.15, 0.2) is 176 Å². The molecule has 12 rings (SSSR count). The van der Waals surface area contributed by atoms with Crippen LogP contribution in [0.1, 0.15) is 50.7 Å². The van der Waals surface area contributed by atoms with Gasteiger partial charge in [-0.25, -0.2) is 0 Å². The largest absolute Gasteiger partial charge is 0.335 e. The molecule has 0 radical (unpaired) electrons. The fourth-order valence-electron chi connectivity index (χ4n) is 12.8. The van der Waals surface area contributed by atoms with E-state index in [1.54, 1.807) is 5.56 Å². The second-order valence-corrected chi connectivity index (χ2v) is 33.2. The average molecular weight is 930 g/mol. The van der Waals surface area contributed by atoms with Gasteiger partial charge in [-0.2, -0.15) is 0 Å². The molecule has 2 atom stereocenters. The van der Waals surface area contributed by atoms with E-state index in [-0.39, 0.29) is 17.7 Å². The van der Waals surface area contributed by atoms with Crippen LogP contribution in [0.4, 0.5) is 45.5 Å². The van der Waals surface area contributed by atoms with Crippen molar-refractivity contribution in [2.24, 2.45) is 0 Å². The summed E-state index contributed by atoms with van der Waals surface area (Å²) in [7, 11) is -3.11. The van der Waals surface area contributed by atoms with E-state index in [0.29, 0.717) is 0 Å². The molecular weight excluding hydrogens is 866 g/mol. The number of anilines is 8. The zero-order chi connectivity index (χ0) is 47.6. The fourth-order valence-corrected chi connectivity index (χ4v) is 15.1. The van der Waals surface area contributed by atoms with E-state index < -0.39 is 16.1 Å². The smallest absolute Gasteiger partial charge is 0.252 e. The van der Waals surface area contributed by atoms with Crippen LogP contribution in [0, 0.1) is 6.92 Å². The van der Waals surface area contributed by atoms with Gasteiger partial charge in [0.2, 0.25) is 0 Å². The maximum atomic E-state index is 2.89. The highest BCUT2D eigenvalue weighted by Crippen LogP contribution is 2.62. The predicted octanol–water partition coefficient (Wildman–Crippen LogP) is 14.2. The number of fused-ring (bicyclic) bond motifs is 7. The molecule has 3 heterocycles. The van der Waals surface area contributed by atoms with Crippen molar-refractivity contribution in [1.29, 1.82) is 0 Å². The number of benzene rings is 8. The number of hydrogen-bond acceptors (Lipinski definition) is 3. The fraction of sp³-hybridized carbons (Fsp3) is 0.238. The lowest BCUT2D eigenvalue weighted by Crippen LogP contribution is -2.64. The van der Waals surface area contributed by atoms with E-state index in [1.807, 2.05) is 0 Å². The minimum atomic E-state index is -1.56. The summed E-state index contributed by atoms with van der Waals surface area (Å²) in [5.74, 6) is 0. The van der Waals surface area contributed by atoms with Crippen LogP contribution in [0.25, 0.3) is 22.3 Å². The van der Waals surface area contributed by atoms with Crippen LogP contribution in [-0.2, 0) is 5.41 Å². The van der Waals surface area contributed by atoms with Gasteiger partial charge < -0.3 is 14.7 Å². The lowest BCUT2D eigenvalue weighted by Gasteiger charge is -2.53. The lowest BCUT2D eigenvalue weighted by molar-refractivity contribution is 0.195. The Bertz CT molecular complexity index is 3240. The Labute approximate surface area is 413 Å². The van der Waals surface area contributed by atoms with Gasteiger partial charge in [-0.05, 0) is 125 Å². The lowest BCUT2D eigenvalue weighted by atomic mass is 9.33. The highest BCUT2D eigenvalue weighted by Gasteiger charge is 2.61. The highest BCUT2D eigenvalue weighted by atomic mass is 28.3. The van der Waals surface area contributed by atoms with Crippen molar-refractivity contribution in [1.82, 2.24) is 0 Å². The summed E-state index contributed by atoms with van der Waals surface area (Å²) in [4.78, 5) is 8.08. The molecule has 0 saturated heterocycles. The second kappa shape index (κ2) is 15.8. The molecule has 69 heavy (non-hydrogen) atoms. The van der Waals surface area contributed by atoms with Crippen LogP contribution >= 0.6 is 0 Å². The minimum absolute atomic E-state index is 0.000469. The van der Waals surface area contributed by atoms with Crippen molar-refractivity contribution < 1.29 is 0 Å². The van der Waals surface area contributed by atoms with Crippen molar-refractivity contribution in [3.63, 3.8) is 0 Å². The van der Waals surface area contributed by atoms with Gasteiger partial charge in [-0.1, -0.05) is 196 Å². The first-order chi connectivity index (χ1) is 33.1. The molecule has 8 aromatic rings. The molecule has 0 spiro atoms. The third kappa shape index (κ3) is 6.88. The summed E-state index contributed by atoms with van der Waals surface area (Å²) in [6.07, 6.45) is 4.84. The summed E-state index contributed by atoms with van der Waals surface area (Å²) in [5.41, 5.74) is 21.9. The molecule has 4 aliphatic rings. The minimum Gasteiger partial charge on any atom is -0.335 e. The zero-order valence-electron chi connectivity index (χ0n) is 42.0. The quantitative estimate of drug-likeness (QED) is 0.141. The van der Waals surface area contributed by atoms with Crippen molar-refractivity contribution in [3.8, 4) is 22.3 Å².